The van der Waals surface area contributed by atoms with Crippen LogP contribution in [0.4, 0.5) is 13.2 Å². The Bertz CT molecular complexity index is 1130. The van der Waals surface area contributed by atoms with Crippen LogP contribution in [0.15, 0.2) is 47.0 Å². The van der Waals surface area contributed by atoms with Crippen molar-refractivity contribution in [3.05, 3.63) is 65.0 Å². The molecule has 3 unspecified atom stereocenters. The largest absolute Gasteiger partial charge is 0.489 e. The van der Waals surface area contributed by atoms with Crippen LogP contribution in [0.1, 0.15) is 32.3 Å². The number of nitrogens with zero attached hydrogens (tertiary/aromatic N) is 2. The maximum atomic E-state index is 14.5. The lowest BCUT2D eigenvalue weighted by atomic mass is 9.84. The molecular formula is C24H26F3N3O3. The van der Waals surface area contributed by atoms with E-state index in [1.165, 1.54) is 11.1 Å². The summed E-state index contributed by atoms with van der Waals surface area (Å²) in [6.07, 6.45) is 2.38. The molecule has 2 aliphatic rings. The van der Waals surface area contributed by atoms with Gasteiger partial charge < -0.3 is 15.6 Å². The summed E-state index contributed by atoms with van der Waals surface area (Å²) in [6, 6.07) is 6.12. The number of rotatable bonds is 5. The van der Waals surface area contributed by atoms with Gasteiger partial charge in [0.25, 0.3) is 0 Å². The predicted molar refractivity (Wildman–Crippen MR) is 118 cm³/mol. The maximum Gasteiger partial charge on any atom is 0.221 e. The van der Waals surface area contributed by atoms with Gasteiger partial charge in [0.1, 0.15) is 17.7 Å². The summed E-state index contributed by atoms with van der Waals surface area (Å²) in [4.78, 5) is 10.6. The summed E-state index contributed by atoms with van der Waals surface area (Å²) in [6.45, 7) is 3.90. The van der Waals surface area contributed by atoms with Crippen molar-refractivity contribution >= 4 is 5.96 Å². The highest BCUT2D eigenvalue weighted by Crippen LogP contribution is 2.49. The fraction of sp³-hybridized carbons (Fsp3) is 0.375. The monoisotopic (exact) mass is 461 g/mol. The van der Waals surface area contributed by atoms with Gasteiger partial charge >= 0.3 is 0 Å². The number of halogens is 3. The van der Waals surface area contributed by atoms with Gasteiger partial charge in [0.15, 0.2) is 11.6 Å². The molecule has 0 amide bonds. The molecule has 2 heterocycles. The smallest absolute Gasteiger partial charge is 0.221 e. The lowest BCUT2D eigenvalue weighted by molar-refractivity contribution is -0.193. The number of aliphatic hydroxyl groups excluding tert-OH is 1. The van der Waals surface area contributed by atoms with E-state index in [1.54, 1.807) is 19.2 Å². The Morgan fingerprint density at radius 3 is 2.70 bits per heavy atom. The normalized spacial score (nSPS) is 22.6. The second-order valence-electron chi connectivity index (χ2n) is 8.58. The standard InChI is InChI=1S/C24H26F3N3O3/c1-13(2)8-15(6-7-31)21-12-24(29-23(28)30(3)33-24)18-9-14(4-5-20(18)32-21)17-10-16(25)11-19(26)22(17)27/h4-5,8-11,15,21,31H,6-7,12H2,1-3H3,(H2,28,29). The minimum Gasteiger partial charge on any atom is -0.489 e. The third-order valence-corrected chi connectivity index (χ3v) is 5.85. The molecule has 2 aromatic carbocycles. The number of hydrogen-bond acceptors (Lipinski definition) is 6. The number of aliphatic hydroxyl groups is 1. The number of allylic oxidation sites excluding steroid dienone is 1. The van der Waals surface area contributed by atoms with Crippen molar-refractivity contribution in [3.8, 4) is 16.9 Å². The molecule has 176 valence electrons. The number of benzene rings is 2. The Hall–Kier alpha value is -3.04. The highest BCUT2D eigenvalue weighted by atomic mass is 19.2. The predicted octanol–water partition coefficient (Wildman–Crippen LogP) is 4.23. The number of ether oxygens (including phenoxy) is 1. The zero-order valence-electron chi connectivity index (χ0n) is 18.6. The summed E-state index contributed by atoms with van der Waals surface area (Å²) >= 11 is 0. The maximum absolute atomic E-state index is 14.5. The van der Waals surface area contributed by atoms with Crippen LogP contribution in [0.5, 0.6) is 5.75 Å². The molecule has 33 heavy (non-hydrogen) atoms. The fourth-order valence-corrected chi connectivity index (χ4v) is 4.39. The summed E-state index contributed by atoms with van der Waals surface area (Å²) < 4.78 is 48.4. The lowest BCUT2D eigenvalue weighted by Gasteiger charge is -2.39. The van der Waals surface area contributed by atoms with Gasteiger partial charge in [-0.15, -0.1) is 0 Å². The molecule has 0 aliphatic carbocycles. The molecule has 3 atom stereocenters. The van der Waals surface area contributed by atoms with Crippen molar-refractivity contribution in [3.63, 3.8) is 0 Å². The minimum atomic E-state index is -1.28. The molecule has 0 radical (unpaired) electrons. The Balaban J connectivity index is 1.84. The number of nitrogens with two attached hydrogens (primary N) is 1. The molecule has 2 aromatic rings. The van der Waals surface area contributed by atoms with Crippen molar-refractivity contribution < 1.29 is 27.9 Å². The number of fused-ring (bicyclic) bond motifs is 2. The molecule has 0 aromatic heterocycles. The molecule has 2 aliphatic heterocycles. The molecule has 0 saturated heterocycles. The second-order valence-corrected chi connectivity index (χ2v) is 8.58. The van der Waals surface area contributed by atoms with E-state index in [0.29, 0.717) is 23.8 Å². The van der Waals surface area contributed by atoms with Gasteiger partial charge in [0.05, 0.1) is 5.56 Å². The van der Waals surface area contributed by atoms with E-state index in [1.807, 2.05) is 19.9 Å². The average molecular weight is 461 g/mol. The van der Waals surface area contributed by atoms with Crippen LogP contribution < -0.4 is 10.5 Å². The molecule has 0 saturated carbocycles. The molecule has 1 spiro atoms. The lowest BCUT2D eigenvalue weighted by Crippen LogP contribution is -2.42. The molecule has 3 N–H and O–H groups in total. The number of guanidine groups is 1. The van der Waals surface area contributed by atoms with Gasteiger partial charge in [0, 0.05) is 37.6 Å². The van der Waals surface area contributed by atoms with Gasteiger partial charge in [0.2, 0.25) is 11.7 Å². The van der Waals surface area contributed by atoms with Crippen molar-refractivity contribution in [2.75, 3.05) is 13.7 Å². The Labute approximate surface area is 190 Å². The second kappa shape index (κ2) is 8.72. The van der Waals surface area contributed by atoms with Gasteiger partial charge in [-0.25, -0.2) is 28.1 Å². The van der Waals surface area contributed by atoms with Crippen LogP contribution in [0, 0.1) is 23.4 Å². The highest BCUT2D eigenvalue weighted by Gasteiger charge is 2.50. The van der Waals surface area contributed by atoms with E-state index in [4.69, 9.17) is 15.3 Å². The van der Waals surface area contributed by atoms with Gasteiger partial charge in [-0.3, -0.25) is 0 Å². The van der Waals surface area contributed by atoms with Crippen LogP contribution >= 0.6 is 0 Å². The first-order valence-electron chi connectivity index (χ1n) is 10.6. The van der Waals surface area contributed by atoms with Crippen molar-refractivity contribution in [1.29, 1.82) is 0 Å². The first kappa shape index (κ1) is 23.1. The van der Waals surface area contributed by atoms with Crippen LogP contribution in [0.2, 0.25) is 0 Å². The first-order chi connectivity index (χ1) is 15.6. The van der Waals surface area contributed by atoms with Crippen LogP contribution in [0.25, 0.3) is 11.1 Å². The molecular weight excluding hydrogens is 435 g/mol. The van der Waals surface area contributed by atoms with Gasteiger partial charge in [-0.1, -0.05) is 17.7 Å². The fourth-order valence-electron chi connectivity index (χ4n) is 4.39. The first-order valence-corrected chi connectivity index (χ1v) is 10.6. The van der Waals surface area contributed by atoms with E-state index in [2.05, 4.69) is 4.99 Å². The summed E-state index contributed by atoms with van der Waals surface area (Å²) in [5.41, 5.74) is 6.31. The van der Waals surface area contributed by atoms with Crippen molar-refractivity contribution in [2.24, 2.45) is 16.6 Å². The Morgan fingerprint density at radius 1 is 1.30 bits per heavy atom. The van der Waals surface area contributed by atoms with E-state index in [9.17, 15) is 18.3 Å². The quantitative estimate of drug-likeness (QED) is 0.515. The molecule has 9 heteroatoms. The zero-order valence-corrected chi connectivity index (χ0v) is 18.6. The van der Waals surface area contributed by atoms with E-state index in [0.717, 1.165) is 11.6 Å². The van der Waals surface area contributed by atoms with Crippen molar-refractivity contribution in [2.45, 2.75) is 38.5 Å². The molecule has 0 bridgehead atoms. The van der Waals surface area contributed by atoms with E-state index in [-0.39, 0.29) is 36.0 Å². The van der Waals surface area contributed by atoms with Gasteiger partial charge in [-0.2, -0.15) is 0 Å². The summed E-state index contributed by atoms with van der Waals surface area (Å²) in [5, 5.41) is 10.9. The zero-order chi connectivity index (χ0) is 23.9. The number of aliphatic imine (C=N–C) groups is 1. The Morgan fingerprint density at radius 2 is 2.06 bits per heavy atom. The van der Waals surface area contributed by atoms with Crippen LogP contribution in [0.3, 0.4) is 0 Å². The third-order valence-electron chi connectivity index (χ3n) is 5.85. The third kappa shape index (κ3) is 4.30. The summed E-state index contributed by atoms with van der Waals surface area (Å²) in [5.74, 6) is -2.86. The van der Waals surface area contributed by atoms with Crippen LogP contribution in [-0.2, 0) is 10.6 Å². The van der Waals surface area contributed by atoms with Crippen LogP contribution in [-0.4, -0.2) is 35.9 Å². The molecule has 6 nitrogen and oxygen atoms in total. The highest BCUT2D eigenvalue weighted by molar-refractivity contribution is 5.79. The minimum absolute atomic E-state index is 0.0241. The van der Waals surface area contributed by atoms with E-state index >= 15 is 0 Å². The average Bonchev–Trinajstić information content (AvgIpc) is 3.03. The van der Waals surface area contributed by atoms with Gasteiger partial charge in [-0.05, 0) is 44.0 Å². The number of hydroxylamine groups is 2. The molecule has 0 fully saturated rings. The Kier molecular flexibility index (Phi) is 6.11. The SMILES string of the molecule is CC(C)=CC(CCO)C1CC2(N=C(N)N(C)O2)c2cc(-c3cc(F)cc(F)c3F)ccc2O1. The topological polar surface area (TPSA) is 80.3 Å². The van der Waals surface area contributed by atoms with E-state index < -0.39 is 29.3 Å². The molecule has 4 rings (SSSR count). The number of hydrogen-bond donors (Lipinski definition) is 2. The van der Waals surface area contributed by atoms with Crippen molar-refractivity contribution in [1.82, 2.24) is 5.06 Å². The summed E-state index contributed by atoms with van der Waals surface area (Å²) in [7, 11) is 1.62.